The van der Waals surface area contributed by atoms with Crippen LogP contribution in [0.15, 0.2) is 53.3 Å². The predicted molar refractivity (Wildman–Crippen MR) is 125 cm³/mol. The van der Waals surface area contributed by atoms with Crippen LogP contribution in [0.4, 0.5) is 8.71 Å². The molecule has 5 nitrogen and oxygen atoms in total. The highest BCUT2D eigenvalue weighted by atomic mass is 79.9. The average molecular weight is 491 g/mol. The Morgan fingerprint density at radius 2 is 2.06 bits per heavy atom. The highest BCUT2D eigenvalue weighted by Crippen LogP contribution is 2.43. The molecule has 0 fully saturated rings. The van der Waals surface area contributed by atoms with Crippen LogP contribution in [-0.4, -0.2) is 40.4 Å². The van der Waals surface area contributed by atoms with Gasteiger partial charge in [0.15, 0.2) is 0 Å². The lowest BCUT2D eigenvalue weighted by Gasteiger charge is -2.41. The quantitative estimate of drug-likeness (QED) is 0.386. The molecule has 0 radical (unpaired) electrons. The van der Waals surface area contributed by atoms with Gasteiger partial charge in [-0.25, -0.2) is 4.39 Å². The van der Waals surface area contributed by atoms with Gasteiger partial charge in [-0.3, -0.25) is 14.5 Å². The van der Waals surface area contributed by atoms with Gasteiger partial charge in [0.1, 0.15) is 13.7 Å². The summed E-state index contributed by atoms with van der Waals surface area (Å²) in [5.41, 5.74) is 3.32. The molecule has 4 aromatic rings. The van der Waals surface area contributed by atoms with Gasteiger partial charge in [0, 0.05) is 41.4 Å². The van der Waals surface area contributed by atoms with E-state index in [4.69, 9.17) is 0 Å². The molecule has 1 amide bonds. The summed E-state index contributed by atoms with van der Waals surface area (Å²) in [7, 11) is 3.49. The van der Waals surface area contributed by atoms with Crippen LogP contribution in [0.3, 0.4) is 0 Å². The first-order chi connectivity index (χ1) is 15.3. The monoisotopic (exact) mass is 490 g/mol. The number of rotatable bonds is 1. The fourth-order valence-corrected chi connectivity index (χ4v) is 5.39. The Hall–Kier alpha value is -3.00. The van der Waals surface area contributed by atoms with Gasteiger partial charge in [-0.15, -0.1) is 0 Å². The van der Waals surface area contributed by atoms with Crippen molar-refractivity contribution in [3.8, 4) is 11.1 Å². The van der Waals surface area contributed by atoms with Crippen molar-refractivity contribution in [3.05, 3.63) is 75.9 Å². The summed E-state index contributed by atoms with van der Waals surface area (Å²) in [6.45, 7) is -1.64. The van der Waals surface area contributed by atoms with Crippen molar-refractivity contribution in [3.63, 3.8) is 0 Å². The van der Waals surface area contributed by atoms with Gasteiger partial charge in [0.2, 0.25) is 0 Å². The number of fused-ring (bicyclic) bond motifs is 5. The SMILES string of the molecule is BC12B(F)c3cc(-c4cccc5nn(C)cc45)cc(F)c3CN1C(=O)c1cc(Br)cnc12. The van der Waals surface area contributed by atoms with E-state index in [9.17, 15) is 4.79 Å². The van der Waals surface area contributed by atoms with Gasteiger partial charge in [-0.05, 0) is 50.7 Å². The molecule has 156 valence electrons. The van der Waals surface area contributed by atoms with Gasteiger partial charge < -0.3 is 9.22 Å². The Morgan fingerprint density at radius 3 is 2.88 bits per heavy atom. The van der Waals surface area contributed by atoms with Crippen LogP contribution in [0, 0.1) is 5.82 Å². The normalized spacial score (nSPS) is 19.3. The molecule has 32 heavy (non-hydrogen) atoms. The summed E-state index contributed by atoms with van der Waals surface area (Å²) in [5, 5.41) is 3.97. The maximum atomic E-state index is 16.2. The highest BCUT2D eigenvalue weighted by molar-refractivity contribution is 9.10. The number of carbonyl (C=O) groups is 1. The number of carbonyl (C=O) groups excluding carboxylic acids is 1. The minimum Gasteiger partial charge on any atom is -0.334 e. The van der Waals surface area contributed by atoms with Crippen LogP contribution in [0.2, 0.25) is 0 Å². The minimum absolute atomic E-state index is 0.0116. The van der Waals surface area contributed by atoms with Crippen LogP contribution in [-0.2, 0) is 18.9 Å². The van der Waals surface area contributed by atoms with E-state index in [-0.39, 0.29) is 23.5 Å². The number of aryl methyl sites for hydroxylation is 1. The standard InChI is InChI=1S/C22H15B2BrF2N4O/c1-30-9-15-13(3-2-4-19(15)29-30)11-5-17-16(18(26)6-11)10-31-21(32)14-7-12(25)8-28-20(14)22(31,23)24(17)27/h2-9H,10,23H2,1H3. The van der Waals surface area contributed by atoms with Gasteiger partial charge >= 0.3 is 6.99 Å². The van der Waals surface area contributed by atoms with Crippen molar-refractivity contribution in [2.24, 2.45) is 7.05 Å². The third-order valence-corrected chi connectivity index (χ3v) is 7.09. The molecule has 4 heterocycles. The second kappa shape index (κ2) is 6.51. The van der Waals surface area contributed by atoms with E-state index in [1.54, 1.807) is 30.9 Å². The molecule has 0 bridgehead atoms. The first kappa shape index (κ1) is 19.7. The first-order valence-corrected chi connectivity index (χ1v) is 11.0. The van der Waals surface area contributed by atoms with E-state index in [1.165, 1.54) is 11.0 Å². The van der Waals surface area contributed by atoms with Gasteiger partial charge in [0.05, 0.1) is 22.1 Å². The summed E-state index contributed by atoms with van der Waals surface area (Å²) < 4.78 is 33.9. The predicted octanol–water partition coefficient (Wildman–Crippen LogP) is 2.70. The molecule has 2 aromatic heterocycles. The number of amides is 1. The second-order valence-electron chi connectivity index (χ2n) is 8.52. The van der Waals surface area contributed by atoms with Crippen molar-refractivity contribution in [1.29, 1.82) is 0 Å². The largest absolute Gasteiger partial charge is 0.404 e. The van der Waals surface area contributed by atoms with Crippen LogP contribution < -0.4 is 5.46 Å². The van der Waals surface area contributed by atoms with Crippen molar-refractivity contribution < 1.29 is 13.5 Å². The van der Waals surface area contributed by atoms with E-state index in [2.05, 4.69) is 26.0 Å². The molecule has 6 rings (SSSR count). The fraction of sp³-hybridized carbons (Fsp3) is 0.136. The molecule has 1 atom stereocenters. The Balaban J connectivity index is 1.56. The van der Waals surface area contributed by atoms with Gasteiger partial charge in [-0.1, -0.05) is 18.2 Å². The first-order valence-electron chi connectivity index (χ1n) is 10.2. The topological polar surface area (TPSA) is 51.0 Å². The van der Waals surface area contributed by atoms with Crippen LogP contribution in [0.25, 0.3) is 22.0 Å². The lowest BCUT2D eigenvalue weighted by atomic mass is 9.37. The maximum Gasteiger partial charge on any atom is 0.404 e. The number of hydrogen-bond acceptors (Lipinski definition) is 3. The molecular formula is C22H15B2BrF2N4O. The highest BCUT2D eigenvalue weighted by Gasteiger charge is 2.59. The summed E-state index contributed by atoms with van der Waals surface area (Å²) >= 11 is 3.33. The molecule has 10 heteroatoms. The number of hydrogen-bond donors (Lipinski definition) is 0. The van der Waals surface area contributed by atoms with Crippen LogP contribution in [0.1, 0.15) is 21.6 Å². The van der Waals surface area contributed by atoms with E-state index in [0.29, 0.717) is 21.3 Å². The zero-order valence-electron chi connectivity index (χ0n) is 17.2. The minimum atomic E-state index is -1.63. The molecular weight excluding hydrogens is 476 g/mol. The number of nitrogens with zero attached hydrogens (tertiary/aromatic N) is 4. The molecule has 2 aromatic carbocycles. The summed E-state index contributed by atoms with van der Waals surface area (Å²) in [5.74, 6) is -0.866. The summed E-state index contributed by atoms with van der Waals surface area (Å²) in [6.07, 6.45) is 3.43. The van der Waals surface area contributed by atoms with Gasteiger partial charge in [-0.2, -0.15) is 5.10 Å². The molecule has 0 N–H and O–H groups in total. The Bertz CT molecular complexity index is 1480. The number of aromatic nitrogens is 3. The second-order valence-corrected chi connectivity index (χ2v) is 9.43. The molecule has 0 saturated heterocycles. The Morgan fingerprint density at radius 1 is 1.25 bits per heavy atom. The Labute approximate surface area is 192 Å². The van der Waals surface area contributed by atoms with Crippen molar-refractivity contribution in [2.45, 2.75) is 11.9 Å². The molecule has 0 spiro atoms. The lowest BCUT2D eigenvalue weighted by Crippen LogP contribution is -2.63. The number of benzene rings is 2. The van der Waals surface area contributed by atoms with Crippen LogP contribution in [0.5, 0.6) is 0 Å². The van der Waals surface area contributed by atoms with E-state index < -0.39 is 18.1 Å². The molecule has 2 aliphatic heterocycles. The van der Waals surface area contributed by atoms with Crippen LogP contribution >= 0.6 is 15.9 Å². The Kier molecular flexibility index (Phi) is 4.00. The van der Waals surface area contributed by atoms with E-state index in [1.807, 2.05) is 31.4 Å². The maximum absolute atomic E-state index is 16.2. The third-order valence-electron chi connectivity index (χ3n) is 6.66. The number of halogens is 3. The molecule has 2 aliphatic rings. The zero-order valence-corrected chi connectivity index (χ0v) is 18.8. The lowest BCUT2D eigenvalue weighted by molar-refractivity contribution is 0.0715. The fourth-order valence-electron chi connectivity index (χ4n) is 5.06. The van der Waals surface area contributed by atoms with Crippen molar-refractivity contribution in [1.82, 2.24) is 19.7 Å². The smallest absolute Gasteiger partial charge is 0.334 e. The number of pyridine rings is 1. The van der Waals surface area contributed by atoms with Gasteiger partial charge in [0.25, 0.3) is 5.91 Å². The van der Waals surface area contributed by atoms with E-state index in [0.717, 1.165) is 16.5 Å². The zero-order chi connectivity index (χ0) is 22.4. The average Bonchev–Trinajstić information content (AvgIpc) is 3.24. The molecule has 0 aliphatic carbocycles. The third kappa shape index (κ3) is 2.47. The summed E-state index contributed by atoms with van der Waals surface area (Å²) in [4.78, 5) is 18.8. The summed E-state index contributed by atoms with van der Waals surface area (Å²) in [6, 6.07) is 10.4. The molecule has 0 saturated carbocycles. The van der Waals surface area contributed by atoms with E-state index >= 15 is 8.71 Å². The van der Waals surface area contributed by atoms with Crippen molar-refractivity contribution in [2.75, 3.05) is 0 Å². The van der Waals surface area contributed by atoms with Crippen molar-refractivity contribution >= 4 is 53.0 Å². The molecule has 1 unspecified atom stereocenters.